The molecule has 0 aromatic carbocycles. The van der Waals surface area contributed by atoms with Crippen LogP contribution in [-0.2, 0) is 9.53 Å². The quantitative estimate of drug-likeness (QED) is 0.548. The van der Waals surface area contributed by atoms with E-state index in [1.165, 1.54) is 0 Å². The van der Waals surface area contributed by atoms with Gasteiger partial charge in [-0.05, 0) is 12.8 Å². The molecule has 2 rings (SSSR count). The summed E-state index contributed by atoms with van der Waals surface area (Å²) in [5, 5.41) is 9.60. The van der Waals surface area contributed by atoms with Crippen LogP contribution in [0.15, 0.2) is 0 Å². The molecule has 1 saturated carbocycles. The minimum absolute atomic E-state index is 0.133. The van der Waals surface area contributed by atoms with E-state index in [1.807, 2.05) is 0 Å². The number of aliphatic hydroxyl groups excluding tert-OH is 1. The molecule has 1 aliphatic carbocycles. The Labute approximate surface area is 71.7 Å². The van der Waals surface area contributed by atoms with Gasteiger partial charge in [0.15, 0.2) is 0 Å². The first-order valence-electron chi connectivity index (χ1n) is 4.65. The van der Waals surface area contributed by atoms with Crippen LogP contribution >= 0.6 is 0 Å². The van der Waals surface area contributed by atoms with Crippen LogP contribution in [0, 0.1) is 5.92 Å². The van der Waals surface area contributed by atoms with E-state index in [4.69, 9.17) is 4.74 Å². The lowest BCUT2D eigenvalue weighted by Gasteiger charge is -2.18. The minimum atomic E-state index is -0.413. The Morgan fingerprint density at radius 3 is 2.92 bits per heavy atom. The summed E-state index contributed by atoms with van der Waals surface area (Å²) in [6, 6.07) is 0. The topological polar surface area (TPSA) is 46.5 Å². The number of fused-ring (bicyclic) bond motifs is 1. The van der Waals surface area contributed by atoms with E-state index in [-0.39, 0.29) is 18.0 Å². The first-order chi connectivity index (χ1) is 5.77. The number of aliphatic hydroxyl groups is 1. The number of carbonyl (C=O) groups is 1. The van der Waals surface area contributed by atoms with Gasteiger partial charge in [-0.15, -0.1) is 0 Å². The van der Waals surface area contributed by atoms with E-state index < -0.39 is 6.10 Å². The van der Waals surface area contributed by atoms with E-state index in [0.29, 0.717) is 6.42 Å². The predicted molar refractivity (Wildman–Crippen MR) is 42.5 cm³/mol. The van der Waals surface area contributed by atoms with Gasteiger partial charge < -0.3 is 9.84 Å². The van der Waals surface area contributed by atoms with Crippen LogP contribution in [0.5, 0.6) is 0 Å². The first kappa shape index (κ1) is 8.05. The SMILES string of the molecule is O=C1C[C@H]2CCCC[C@H](O)[C@@H]2O1. The van der Waals surface area contributed by atoms with Gasteiger partial charge in [0.1, 0.15) is 6.10 Å². The molecule has 3 heteroatoms. The van der Waals surface area contributed by atoms with E-state index in [2.05, 4.69) is 0 Å². The number of carbonyl (C=O) groups excluding carboxylic acids is 1. The maximum atomic E-state index is 10.9. The van der Waals surface area contributed by atoms with Crippen molar-refractivity contribution in [3.63, 3.8) is 0 Å². The standard InChI is InChI=1S/C9H14O3/c10-7-4-2-1-3-6-5-8(11)12-9(6)7/h6-7,9-10H,1-5H2/t6-,7+,9-/m1/s1. The zero-order valence-corrected chi connectivity index (χ0v) is 7.03. The lowest BCUT2D eigenvalue weighted by atomic mass is 9.95. The van der Waals surface area contributed by atoms with Crippen molar-refractivity contribution in [3.05, 3.63) is 0 Å². The molecule has 1 saturated heterocycles. The fourth-order valence-corrected chi connectivity index (χ4v) is 2.21. The molecule has 1 heterocycles. The summed E-state index contributed by atoms with van der Waals surface area (Å²) in [6.45, 7) is 0. The average Bonchev–Trinajstić information content (AvgIpc) is 2.33. The highest BCUT2D eigenvalue weighted by atomic mass is 16.6. The van der Waals surface area contributed by atoms with Crippen molar-refractivity contribution in [3.8, 4) is 0 Å². The number of rotatable bonds is 0. The first-order valence-corrected chi connectivity index (χ1v) is 4.65. The molecule has 0 unspecified atom stereocenters. The number of hydrogen-bond donors (Lipinski definition) is 1. The van der Waals surface area contributed by atoms with Crippen molar-refractivity contribution < 1.29 is 14.6 Å². The van der Waals surface area contributed by atoms with Gasteiger partial charge in [-0.1, -0.05) is 12.8 Å². The van der Waals surface area contributed by atoms with E-state index in [9.17, 15) is 9.90 Å². The molecule has 0 radical (unpaired) electrons. The van der Waals surface area contributed by atoms with Crippen LogP contribution in [0.3, 0.4) is 0 Å². The van der Waals surface area contributed by atoms with Gasteiger partial charge in [-0.3, -0.25) is 4.79 Å². The van der Waals surface area contributed by atoms with Crippen LogP contribution < -0.4 is 0 Å². The molecule has 0 aromatic rings. The summed E-state index contributed by atoms with van der Waals surface area (Å²) in [7, 11) is 0. The van der Waals surface area contributed by atoms with Gasteiger partial charge >= 0.3 is 5.97 Å². The fraction of sp³-hybridized carbons (Fsp3) is 0.889. The maximum absolute atomic E-state index is 10.9. The summed E-state index contributed by atoms with van der Waals surface area (Å²) in [6.07, 6.45) is 3.91. The van der Waals surface area contributed by atoms with E-state index in [0.717, 1.165) is 25.7 Å². The molecule has 1 N–H and O–H groups in total. The zero-order chi connectivity index (χ0) is 8.55. The Morgan fingerprint density at radius 2 is 2.08 bits per heavy atom. The molecule has 2 fully saturated rings. The highest BCUT2D eigenvalue weighted by molar-refractivity contribution is 5.72. The molecule has 1 aliphatic heterocycles. The monoisotopic (exact) mass is 170 g/mol. The third-order valence-electron chi connectivity index (χ3n) is 2.87. The van der Waals surface area contributed by atoms with Crippen LogP contribution in [0.1, 0.15) is 32.1 Å². The molecule has 0 spiro atoms. The van der Waals surface area contributed by atoms with Crippen LogP contribution in [0.4, 0.5) is 0 Å². The lowest BCUT2D eigenvalue weighted by Crippen LogP contribution is -2.29. The molecule has 2 aliphatic rings. The van der Waals surface area contributed by atoms with Crippen molar-refractivity contribution in [1.29, 1.82) is 0 Å². The molecular formula is C9H14O3. The Balaban J connectivity index is 2.09. The molecule has 3 atom stereocenters. The molecule has 68 valence electrons. The minimum Gasteiger partial charge on any atom is -0.459 e. The summed E-state index contributed by atoms with van der Waals surface area (Å²) >= 11 is 0. The predicted octanol–water partition coefficient (Wildman–Crippen LogP) is 0.853. The Morgan fingerprint density at radius 1 is 1.33 bits per heavy atom. The Bertz CT molecular complexity index is 190. The van der Waals surface area contributed by atoms with Gasteiger partial charge in [0, 0.05) is 5.92 Å². The second-order valence-electron chi connectivity index (χ2n) is 3.77. The maximum Gasteiger partial charge on any atom is 0.306 e. The second kappa shape index (κ2) is 3.05. The Hall–Kier alpha value is -0.570. The Kier molecular flexibility index (Phi) is 2.05. The number of esters is 1. The summed E-state index contributed by atoms with van der Waals surface area (Å²) < 4.78 is 5.07. The van der Waals surface area contributed by atoms with Crippen molar-refractivity contribution in [2.24, 2.45) is 5.92 Å². The summed E-state index contributed by atoms with van der Waals surface area (Å²) in [5.74, 6) is 0.154. The van der Waals surface area contributed by atoms with Crippen molar-refractivity contribution in [2.75, 3.05) is 0 Å². The van der Waals surface area contributed by atoms with Crippen molar-refractivity contribution in [2.45, 2.75) is 44.3 Å². The highest BCUT2D eigenvalue weighted by Crippen LogP contribution is 2.33. The molecule has 3 nitrogen and oxygen atoms in total. The second-order valence-corrected chi connectivity index (χ2v) is 3.77. The van der Waals surface area contributed by atoms with Gasteiger partial charge in [0.05, 0.1) is 12.5 Å². The van der Waals surface area contributed by atoms with Crippen molar-refractivity contribution in [1.82, 2.24) is 0 Å². The smallest absolute Gasteiger partial charge is 0.306 e. The fourth-order valence-electron chi connectivity index (χ4n) is 2.21. The summed E-state index contributed by atoms with van der Waals surface area (Å²) in [5.41, 5.74) is 0. The largest absolute Gasteiger partial charge is 0.459 e. The van der Waals surface area contributed by atoms with Gasteiger partial charge in [-0.2, -0.15) is 0 Å². The molecular weight excluding hydrogens is 156 g/mol. The summed E-state index contributed by atoms with van der Waals surface area (Å²) in [4.78, 5) is 10.9. The number of ether oxygens (including phenoxy) is 1. The van der Waals surface area contributed by atoms with Crippen molar-refractivity contribution >= 4 is 5.97 Å². The van der Waals surface area contributed by atoms with E-state index in [1.54, 1.807) is 0 Å². The third-order valence-corrected chi connectivity index (χ3v) is 2.87. The van der Waals surface area contributed by atoms with Crippen LogP contribution in [-0.4, -0.2) is 23.3 Å². The highest BCUT2D eigenvalue weighted by Gasteiger charge is 2.40. The average molecular weight is 170 g/mol. The molecule has 0 bridgehead atoms. The van der Waals surface area contributed by atoms with Gasteiger partial charge in [0.25, 0.3) is 0 Å². The van der Waals surface area contributed by atoms with Crippen LogP contribution in [0.25, 0.3) is 0 Å². The number of hydrogen-bond acceptors (Lipinski definition) is 3. The van der Waals surface area contributed by atoms with Crippen LogP contribution in [0.2, 0.25) is 0 Å². The zero-order valence-electron chi connectivity index (χ0n) is 7.03. The molecule has 0 aromatic heterocycles. The molecule has 12 heavy (non-hydrogen) atoms. The molecule has 0 amide bonds. The van der Waals surface area contributed by atoms with Gasteiger partial charge in [-0.25, -0.2) is 0 Å². The third kappa shape index (κ3) is 1.33. The lowest BCUT2D eigenvalue weighted by molar-refractivity contribution is -0.145. The van der Waals surface area contributed by atoms with E-state index >= 15 is 0 Å². The normalized spacial score (nSPS) is 41.8. The van der Waals surface area contributed by atoms with Gasteiger partial charge in [0.2, 0.25) is 0 Å².